The van der Waals surface area contributed by atoms with Gasteiger partial charge in [0.1, 0.15) is 0 Å². The van der Waals surface area contributed by atoms with Gasteiger partial charge in [0.15, 0.2) is 11.5 Å². The van der Waals surface area contributed by atoms with Crippen molar-refractivity contribution in [2.45, 2.75) is 0 Å². The number of nitrogens with one attached hydrogen (secondary N) is 1. The zero-order valence-corrected chi connectivity index (χ0v) is 16.4. The van der Waals surface area contributed by atoms with Crippen molar-refractivity contribution in [1.29, 1.82) is 0 Å². The number of carbonyl (C=O) groups excluding carboxylic acids is 1. The number of benzene rings is 2. The van der Waals surface area contributed by atoms with E-state index >= 15 is 0 Å². The average Bonchev–Trinajstić information content (AvgIpc) is 3.09. The molecule has 1 aliphatic heterocycles. The number of nitrogens with two attached hydrogens (primary N) is 1. The minimum atomic E-state index is -0.375. The fourth-order valence-electron chi connectivity index (χ4n) is 2.35. The van der Waals surface area contributed by atoms with Crippen LogP contribution in [0.5, 0.6) is 11.5 Å². The van der Waals surface area contributed by atoms with E-state index < -0.39 is 0 Å². The number of hydrogen-bond acceptors (Lipinski definition) is 5. The number of aliphatic imine (C=N–C) groups is 1. The number of nitrogens with zero attached hydrogens (tertiary/aromatic N) is 1. The quantitative estimate of drug-likeness (QED) is 0.674. The Morgan fingerprint density at radius 3 is 2.67 bits per heavy atom. The van der Waals surface area contributed by atoms with E-state index in [2.05, 4.69) is 32.8 Å². The zero-order chi connectivity index (χ0) is 19.4. The van der Waals surface area contributed by atoms with Crippen LogP contribution in [-0.4, -0.2) is 18.9 Å². The van der Waals surface area contributed by atoms with Crippen LogP contribution >= 0.6 is 27.5 Å². The van der Waals surface area contributed by atoms with Crippen molar-refractivity contribution in [1.82, 2.24) is 5.32 Å². The Kier molecular flexibility index (Phi) is 5.83. The first-order valence-electron chi connectivity index (χ1n) is 7.80. The minimum absolute atomic E-state index is 0.168. The molecule has 3 rings (SSSR count). The molecule has 1 amide bonds. The summed E-state index contributed by atoms with van der Waals surface area (Å²) in [4.78, 5) is 16.6. The van der Waals surface area contributed by atoms with Gasteiger partial charge >= 0.3 is 0 Å². The van der Waals surface area contributed by atoms with Crippen LogP contribution in [0.3, 0.4) is 0 Å². The van der Waals surface area contributed by atoms with E-state index in [1.54, 1.807) is 36.4 Å². The highest BCUT2D eigenvalue weighted by Crippen LogP contribution is 2.39. The van der Waals surface area contributed by atoms with Crippen molar-refractivity contribution >= 4 is 45.3 Å². The Morgan fingerprint density at radius 2 is 1.96 bits per heavy atom. The number of ether oxygens (including phenoxy) is 2. The Morgan fingerprint density at radius 1 is 1.26 bits per heavy atom. The molecule has 0 aliphatic carbocycles. The summed E-state index contributed by atoms with van der Waals surface area (Å²) in [7, 11) is 0. The van der Waals surface area contributed by atoms with Crippen LogP contribution < -0.4 is 20.5 Å². The molecular weight excluding hydrogens is 434 g/mol. The number of allylic oxidation sites excluding steroid dienone is 1. The van der Waals surface area contributed by atoms with Crippen LogP contribution in [-0.2, 0) is 0 Å². The lowest BCUT2D eigenvalue weighted by Crippen LogP contribution is -2.23. The van der Waals surface area contributed by atoms with Gasteiger partial charge in [0.25, 0.3) is 5.91 Å². The Labute approximate surface area is 169 Å². The van der Waals surface area contributed by atoms with Crippen LogP contribution in [0.2, 0.25) is 5.02 Å². The highest BCUT2D eigenvalue weighted by atomic mass is 79.9. The van der Waals surface area contributed by atoms with Crippen molar-refractivity contribution in [3.8, 4) is 11.5 Å². The molecule has 1 aliphatic rings. The molecule has 2 aromatic rings. The highest BCUT2D eigenvalue weighted by molar-refractivity contribution is 9.10. The monoisotopic (exact) mass is 447 g/mol. The summed E-state index contributed by atoms with van der Waals surface area (Å²) in [6.45, 7) is 3.95. The molecule has 0 unspecified atom stereocenters. The summed E-state index contributed by atoms with van der Waals surface area (Å²) in [6, 6.07) is 10.3. The molecule has 2 aromatic carbocycles. The fourth-order valence-corrected chi connectivity index (χ4v) is 3.10. The summed E-state index contributed by atoms with van der Waals surface area (Å²) in [6.07, 6.45) is 2.76. The van der Waals surface area contributed by atoms with Crippen LogP contribution in [0.4, 0.5) is 0 Å². The molecule has 0 radical (unpaired) electrons. The van der Waals surface area contributed by atoms with Crippen molar-refractivity contribution in [3.05, 3.63) is 75.5 Å². The van der Waals surface area contributed by atoms with E-state index in [0.29, 0.717) is 33.3 Å². The second-order valence-electron chi connectivity index (χ2n) is 5.45. The molecule has 0 spiro atoms. The van der Waals surface area contributed by atoms with Gasteiger partial charge in [-0.3, -0.25) is 9.79 Å². The zero-order valence-electron chi connectivity index (χ0n) is 14.0. The van der Waals surface area contributed by atoms with Gasteiger partial charge in [-0.05, 0) is 40.2 Å². The van der Waals surface area contributed by atoms with Crippen LogP contribution in [0, 0.1) is 0 Å². The van der Waals surface area contributed by atoms with E-state index in [1.807, 2.05) is 0 Å². The van der Waals surface area contributed by atoms with E-state index in [4.69, 9.17) is 26.8 Å². The molecule has 0 aromatic heterocycles. The number of halogens is 2. The fraction of sp³-hybridized carbons (Fsp3) is 0.0526. The molecule has 0 saturated heterocycles. The number of amides is 1. The van der Waals surface area contributed by atoms with Gasteiger partial charge in [0.2, 0.25) is 6.79 Å². The summed E-state index contributed by atoms with van der Waals surface area (Å²) < 4.78 is 11.4. The topological polar surface area (TPSA) is 85.9 Å². The van der Waals surface area contributed by atoms with Gasteiger partial charge in [-0.2, -0.15) is 0 Å². The maximum atomic E-state index is 12.2. The normalized spacial score (nSPS) is 13.0. The van der Waals surface area contributed by atoms with Crippen molar-refractivity contribution in [2.75, 3.05) is 6.79 Å². The number of hydrogen-bond donors (Lipinski definition) is 2. The molecule has 8 heteroatoms. The molecule has 0 atom stereocenters. The summed E-state index contributed by atoms with van der Waals surface area (Å²) in [5.41, 5.74) is 7.53. The number of rotatable bonds is 5. The second kappa shape index (κ2) is 8.28. The molecule has 138 valence electrons. The second-order valence-corrected chi connectivity index (χ2v) is 6.72. The van der Waals surface area contributed by atoms with E-state index in [1.165, 1.54) is 12.4 Å². The predicted molar refractivity (Wildman–Crippen MR) is 109 cm³/mol. The van der Waals surface area contributed by atoms with Gasteiger partial charge in [0, 0.05) is 16.2 Å². The Hall–Kier alpha value is -2.77. The molecule has 3 N–H and O–H groups in total. The molecule has 6 nitrogen and oxygen atoms in total. The lowest BCUT2D eigenvalue weighted by atomic mass is 10.1. The van der Waals surface area contributed by atoms with Crippen molar-refractivity contribution in [2.24, 2.45) is 10.7 Å². The van der Waals surface area contributed by atoms with Gasteiger partial charge in [-0.1, -0.05) is 30.3 Å². The Bertz CT molecular complexity index is 973. The third kappa shape index (κ3) is 4.32. The maximum Gasteiger partial charge on any atom is 0.257 e. The lowest BCUT2D eigenvalue weighted by Gasteiger charge is -2.08. The van der Waals surface area contributed by atoms with Gasteiger partial charge < -0.3 is 20.5 Å². The Balaban J connectivity index is 1.73. The molecule has 0 bridgehead atoms. The molecule has 1 heterocycles. The summed E-state index contributed by atoms with van der Waals surface area (Å²) in [5, 5.41) is 2.99. The third-order valence-electron chi connectivity index (χ3n) is 3.65. The molecule has 0 saturated carbocycles. The van der Waals surface area contributed by atoms with E-state index in [9.17, 15) is 4.79 Å². The van der Waals surface area contributed by atoms with Gasteiger partial charge in [-0.25, -0.2) is 0 Å². The minimum Gasteiger partial charge on any atom is -0.454 e. The average molecular weight is 449 g/mol. The van der Waals surface area contributed by atoms with Crippen LogP contribution in [0.25, 0.3) is 5.70 Å². The van der Waals surface area contributed by atoms with Crippen LogP contribution in [0.15, 0.2) is 64.3 Å². The third-order valence-corrected chi connectivity index (χ3v) is 4.63. The highest BCUT2D eigenvalue weighted by Gasteiger charge is 2.18. The smallest absolute Gasteiger partial charge is 0.257 e. The van der Waals surface area contributed by atoms with Gasteiger partial charge in [-0.15, -0.1) is 0 Å². The molecule has 0 fully saturated rings. The van der Waals surface area contributed by atoms with Crippen molar-refractivity contribution < 1.29 is 14.3 Å². The van der Waals surface area contributed by atoms with E-state index in [-0.39, 0.29) is 18.4 Å². The van der Waals surface area contributed by atoms with E-state index in [0.717, 1.165) is 4.47 Å². The van der Waals surface area contributed by atoms with Gasteiger partial charge in [0.05, 0.1) is 28.2 Å². The lowest BCUT2D eigenvalue weighted by molar-refractivity contribution is 0.0968. The first kappa shape index (κ1) is 19.0. The molecule has 27 heavy (non-hydrogen) atoms. The number of carbonyl (C=O) groups is 1. The van der Waals surface area contributed by atoms with Crippen molar-refractivity contribution in [3.63, 3.8) is 0 Å². The largest absolute Gasteiger partial charge is 0.454 e. The predicted octanol–water partition coefficient (Wildman–Crippen LogP) is 4.10. The first-order valence-corrected chi connectivity index (χ1v) is 8.97. The molecular formula is C19H15BrClN3O3. The summed E-state index contributed by atoms with van der Waals surface area (Å²) >= 11 is 9.48. The maximum absolute atomic E-state index is 12.2. The summed E-state index contributed by atoms with van der Waals surface area (Å²) in [5.74, 6) is 0.871. The standard InChI is InChI=1S/C19H15BrClN3O3/c1-11(24-19(25)12-4-2-3-5-15(12)21)9-23-16(8-22)13-6-17-18(7-14(13)20)27-10-26-17/h2-9H,1,10,22H2,(H,24,25)/b16-8-,23-9-. The van der Waals surface area contributed by atoms with Crippen LogP contribution in [0.1, 0.15) is 15.9 Å². The number of fused-ring (bicyclic) bond motifs is 1. The first-order chi connectivity index (χ1) is 13.0. The SMILES string of the molecule is C=C(/C=N\C(=C/N)c1cc2c(cc1Br)OCO2)NC(=O)c1ccccc1Cl.